The van der Waals surface area contributed by atoms with Gasteiger partial charge in [0.1, 0.15) is 5.01 Å². The average Bonchev–Trinajstić information content (AvgIpc) is 3.26. The van der Waals surface area contributed by atoms with Gasteiger partial charge in [-0.15, -0.1) is 22.7 Å². The highest BCUT2D eigenvalue weighted by Crippen LogP contribution is 2.43. The lowest BCUT2D eigenvalue weighted by Crippen LogP contribution is -2.34. The van der Waals surface area contributed by atoms with Crippen molar-refractivity contribution >= 4 is 45.2 Å². The van der Waals surface area contributed by atoms with E-state index in [0.29, 0.717) is 24.1 Å². The summed E-state index contributed by atoms with van der Waals surface area (Å²) in [7, 11) is 0. The standard InChI is InChI=1S/C20H22N4O2S2/c1-3-17(25)24-8-4-5-14(10-24)19-22-15(11-27-19)12(2)18(26)23-20-21-9-16(28-20)13-6-7-13/h3,5,9,11-13H,1,4,6-8,10H2,2H3,(H,21,23,26). The third-order valence-electron chi connectivity index (χ3n) is 5.00. The van der Waals surface area contributed by atoms with Crippen molar-refractivity contribution in [1.82, 2.24) is 14.9 Å². The lowest BCUT2D eigenvalue weighted by Gasteiger charge is -2.25. The second-order valence-corrected chi connectivity index (χ2v) is 9.03. The number of hydrogen-bond acceptors (Lipinski definition) is 6. The Kier molecular flexibility index (Phi) is 5.41. The molecular weight excluding hydrogens is 392 g/mol. The normalized spacial score (nSPS) is 17.8. The SMILES string of the molecule is C=CC(=O)N1CCC=C(c2nc(C(C)C(=O)Nc3ncc(C4CC4)s3)cs2)C1. The van der Waals surface area contributed by atoms with Gasteiger partial charge in [0, 0.05) is 35.1 Å². The Morgan fingerprint density at radius 1 is 1.43 bits per heavy atom. The summed E-state index contributed by atoms with van der Waals surface area (Å²) in [5.41, 5.74) is 1.77. The van der Waals surface area contributed by atoms with Gasteiger partial charge in [-0.25, -0.2) is 9.97 Å². The molecule has 8 heteroatoms. The largest absolute Gasteiger partial charge is 0.334 e. The molecule has 1 unspecified atom stereocenters. The monoisotopic (exact) mass is 414 g/mol. The first-order chi connectivity index (χ1) is 13.5. The summed E-state index contributed by atoms with van der Waals surface area (Å²) in [6.07, 6.45) is 8.58. The Morgan fingerprint density at radius 2 is 2.25 bits per heavy atom. The maximum atomic E-state index is 12.6. The number of aromatic nitrogens is 2. The number of nitrogens with one attached hydrogen (secondary N) is 1. The van der Waals surface area contributed by atoms with Crippen LogP contribution in [0.1, 0.15) is 53.6 Å². The maximum Gasteiger partial charge on any atom is 0.246 e. The second-order valence-electron chi connectivity index (χ2n) is 7.11. The van der Waals surface area contributed by atoms with Gasteiger partial charge in [-0.05, 0) is 38.2 Å². The maximum absolute atomic E-state index is 12.6. The second kappa shape index (κ2) is 7.97. The van der Waals surface area contributed by atoms with E-state index in [1.165, 1.54) is 35.1 Å². The van der Waals surface area contributed by atoms with Gasteiger partial charge in [-0.3, -0.25) is 9.59 Å². The molecular formula is C20H22N4O2S2. The molecule has 1 fully saturated rings. The lowest BCUT2D eigenvalue weighted by molar-refractivity contribution is -0.125. The summed E-state index contributed by atoms with van der Waals surface area (Å²) in [4.78, 5) is 36.5. The Labute approximate surface area is 172 Å². The number of thiazole rings is 2. The first-order valence-corrected chi connectivity index (χ1v) is 11.1. The van der Waals surface area contributed by atoms with E-state index >= 15 is 0 Å². The molecule has 2 aromatic rings. The molecule has 1 saturated carbocycles. The summed E-state index contributed by atoms with van der Waals surface area (Å²) in [6.45, 7) is 6.64. The molecule has 0 radical (unpaired) electrons. The van der Waals surface area contributed by atoms with Crippen LogP contribution in [0.25, 0.3) is 5.57 Å². The molecule has 1 atom stereocenters. The molecule has 0 aromatic carbocycles. The van der Waals surface area contributed by atoms with Crippen LogP contribution in [-0.4, -0.2) is 39.8 Å². The van der Waals surface area contributed by atoms with E-state index in [-0.39, 0.29) is 17.7 Å². The van der Waals surface area contributed by atoms with Crippen molar-refractivity contribution in [2.45, 2.75) is 38.0 Å². The van der Waals surface area contributed by atoms with E-state index in [2.05, 4.69) is 27.9 Å². The van der Waals surface area contributed by atoms with Gasteiger partial charge < -0.3 is 10.2 Å². The third-order valence-corrected chi connectivity index (χ3v) is 7.02. The molecule has 0 spiro atoms. The Balaban J connectivity index is 1.41. The first-order valence-electron chi connectivity index (χ1n) is 9.38. The number of rotatable bonds is 6. The van der Waals surface area contributed by atoms with Crippen LogP contribution in [0.4, 0.5) is 5.13 Å². The minimum atomic E-state index is -0.367. The van der Waals surface area contributed by atoms with Crippen molar-refractivity contribution in [1.29, 1.82) is 0 Å². The van der Waals surface area contributed by atoms with Crippen LogP contribution in [0.2, 0.25) is 0 Å². The number of anilines is 1. The van der Waals surface area contributed by atoms with Crippen LogP contribution in [0, 0.1) is 0 Å². The molecule has 6 nitrogen and oxygen atoms in total. The van der Waals surface area contributed by atoms with Gasteiger partial charge in [-0.2, -0.15) is 0 Å². The van der Waals surface area contributed by atoms with E-state index in [9.17, 15) is 9.59 Å². The van der Waals surface area contributed by atoms with Crippen LogP contribution in [0.15, 0.2) is 30.3 Å². The number of amides is 2. The zero-order chi connectivity index (χ0) is 19.7. The first kappa shape index (κ1) is 19.0. The lowest BCUT2D eigenvalue weighted by atomic mass is 10.1. The van der Waals surface area contributed by atoms with Crippen molar-refractivity contribution < 1.29 is 9.59 Å². The van der Waals surface area contributed by atoms with Gasteiger partial charge in [0.2, 0.25) is 11.8 Å². The summed E-state index contributed by atoms with van der Waals surface area (Å²) < 4.78 is 0. The minimum Gasteiger partial charge on any atom is -0.334 e. The molecule has 1 aliphatic heterocycles. The number of carbonyl (C=O) groups excluding carboxylic acids is 2. The fraction of sp³-hybridized carbons (Fsp3) is 0.400. The van der Waals surface area contributed by atoms with Gasteiger partial charge in [-0.1, -0.05) is 12.7 Å². The zero-order valence-electron chi connectivity index (χ0n) is 15.7. The van der Waals surface area contributed by atoms with E-state index in [0.717, 1.165) is 22.7 Å². The number of carbonyl (C=O) groups is 2. The van der Waals surface area contributed by atoms with Crippen molar-refractivity contribution in [2.24, 2.45) is 0 Å². The molecule has 1 aliphatic carbocycles. The molecule has 2 amide bonds. The van der Waals surface area contributed by atoms with Gasteiger partial charge in [0.05, 0.1) is 11.6 Å². The van der Waals surface area contributed by atoms with E-state index in [1.54, 1.807) is 16.2 Å². The fourth-order valence-corrected chi connectivity index (χ4v) is 5.03. The molecule has 2 aromatic heterocycles. The van der Waals surface area contributed by atoms with Crippen molar-refractivity contribution in [3.8, 4) is 0 Å². The molecule has 4 rings (SSSR count). The predicted octanol–water partition coefficient (Wildman–Crippen LogP) is 4.02. The summed E-state index contributed by atoms with van der Waals surface area (Å²) in [5.74, 6) is 0.102. The van der Waals surface area contributed by atoms with Crippen LogP contribution >= 0.6 is 22.7 Å². The molecule has 2 aliphatic rings. The van der Waals surface area contributed by atoms with E-state index in [1.807, 2.05) is 18.5 Å². The van der Waals surface area contributed by atoms with Crippen molar-refractivity contribution in [3.63, 3.8) is 0 Å². The van der Waals surface area contributed by atoms with Crippen molar-refractivity contribution in [3.05, 3.63) is 45.9 Å². The van der Waals surface area contributed by atoms with E-state index in [4.69, 9.17) is 0 Å². The predicted molar refractivity (Wildman–Crippen MR) is 113 cm³/mol. The fourth-order valence-electron chi connectivity index (χ4n) is 3.10. The Morgan fingerprint density at radius 3 is 3.00 bits per heavy atom. The number of hydrogen-bond donors (Lipinski definition) is 1. The van der Waals surface area contributed by atoms with Crippen LogP contribution in [0.5, 0.6) is 0 Å². The highest BCUT2D eigenvalue weighted by Gasteiger charge is 2.27. The molecule has 1 N–H and O–H groups in total. The van der Waals surface area contributed by atoms with Gasteiger partial charge in [0.15, 0.2) is 5.13 Å². The molecule has 0 bridgehead atoms. The topological polar surface area (TPSA) is 75.2 Å². The smallest absolute Gasteiger partial charge is 0.246 e. The zero-order valence-corrected chi connectivity index (χ0v) is 17.3. The molecule has 28 heavy (non-hydrogen) atoms. The Bertz CT molecular complexity index is 942. The van der Waals surface area contributed by atoms with Crippen LogP contribution in [-0.2, 0) is 9.59 Å². The number of nitrogens with zero attached hydrogens (tertiary/aromatic N) is 3. The molecule has 0 saturated heterocycles. The summed E-state index contributed by atoms with van der Waals surface area (Å²) in [5, 5.41) is 6.36. The molecule has 146 valence electrons. The summed E-state index contributed by atoms with van der Waals surface area (Å²) >= 11 is 3.07. The molecule has 3 heterocycles. The quantitative estimate of drug-likeness (QED) is 0.725. The van der Waals surface area contributed by atoms with Gasteiger partial charge >= 0.3 is 0 Å². The third kappa shape index (κ3) is 4.07. The Hall–Kier alpha value is -2.32. The highest BCUT2D eigenvalue weighted by molar-refractivity contribution is 7.15. The van der Waals surface area contributed by atoms with E-state index < -0.39 is 0 Å². The highest BCUT2D eigenvalue weighted by atomic mass is 32.1. The summed E-state index contributed by atoms with van der Waals surface area (Å²) in [6, 6.07) is 0. The minimum absolute atomic E-state index is 0.0656. The van der Waals surface area contributed by atoms with Crippen molar-refractivity contribution in [2.75, 3.05) is 18.4 Å². The van der Waals surface area contributed by atoms with Crippen LogP contribution in [0.3, 0.4) is 0 Å². The average molecular weight is 415 g/mol. The van der Waals surface area contributed by atoms with Crippen LogP contribution < -0.4 is 5.32 Å². The van der Waals surface area contributed by atoms with Gasteiger partial charge in [0.25, 0.3) is 0 Å².